The first-order chi connectivity index (χ1) is 50.2. The molecule has 0 saturated carbocycles. The fourth-order valence-corrected chi connectivity index (χ4v) is 14.2. The Morgan fingerprint density at radius 1 is 0.298 bits per heavy atom. The van der Waals surface area contributed by atoms with Gasteiger partial charge in [-0.25, -0.2) is 9.13 Å². The molecule has 104 heavy (non-hydrogen) atoms. The zero-order valence-corrected chi connectivity index (χ0v) is 69.8. The van der Waals surface area contributed by atoms with Crippen molar-refractivity contribution in [3.63, 3.8) is 0 Å². The summed E-state index contributed by atoms with van der Waals surface area (Å²) in [6.07, 6.45) is 67.7. The van der Waals surface area contributed by atoms with Gasteiger partial charge in [-0.05, 0) is 69.1 Å². The van der Waals surface area contributed by atoms with Gasteiger partial charge < -0.3 is 33.8 Å². The van der Waals surface area contributed by atoms with Crippen molar-refractivity contribution < 1.29 is 80.2 Å². The number of ether oxygens (including phenoxy) is 4. The number of aliphatic hydroxyl groups is 1. The topological polar surface area (TPSA) is 237 Å². The van der Waals surface area contributed by atoms with Crippen molar-refractivity contribution in [2.45, 2.75) is 439 Å². The lowest BCUT2D eigenvalue weighted by Gasteiger charge is -2.21. The zero-order valence-electron chi connectivity index (χ0n) is 68.0. The summed E-state index contributed by atoms with van der Waals surface area (Å²) in [5.74, 6) is 0.165. The van der Waals surface area contributed by atoms with Gasteiger partial charge in [0.15, 0.2) is 12.2 Å². The Kier molecular flexibility index (Phi) is 72.9. The summed E-state index contributed by atoms with van der Waals surface area (Å²) in [5, 5.41) is 10.7. The van der Waals surface area contributed by atoms with E-state index in [-0.39, 0.29) is 25.7 Å². The van der Waals surface area contributed by atoms with Gasteiger partial charge in [-0.1, -0.05) is 368 Å². The van der Waals surface area contributed by atoms with Crippen molar-refractivity contribution in [1.29, 1.82) is 0 Å². The van der Waals surface area contributed by atoms with E-state index in [1.807, 2.05) is 0 Å². The van der Waals surface area contributed by atoms with Crippen molar-refractivity contribution in [1.82, 2.24) is 0 Å². The average Bonchev–Trinajstić information content (AvgIpc) is 0.903. The molecule has 0 aliphatic heterocycles. The highest BCUT2D eigenvalue weighted by Gasteiger charge is 2.30. The molecule has 0 aliphatic carbocycles. The minimum absolute atomic E-state index is 0.101. The molecule has 0 rings (SSSR count). The van der Waals surface area contributed by atoms with Gasteiger partial charge in [0.2, 0.25) is 0 Å². The molecule has 0 aliphatic rings. The molecular formula is C85H162O17P2. The van der Waals surface area contributed by atoms with Crippen LogP contribution >= 0.6 is 15.6 Å². The molecule has 0 radical (unpaired) electrons. The minimum atomic E-state index is -4.97. The summed E-state index contributed by atoms with van der Waals surface area (Å²) >= 11 is 0. The molecule has 0 heterocycles. The number of hydrogen-bond acceptors (Lipinski definition) is 15. The first kappa shape index (κ1) is 102. The van der Waals surface area contributed by atoms with Gasteiger partial charge >= 0.3 is 39.5 Å². The van der Waals surface area contributed by atoms with E-state index in [9.17, 15) is 43.2 Å². The van der Waals surface area contributed by atoms with Crippen LogP contribution in [0.3, 0.4) is 0 Å². The molecule has 0 amide bonds. The van der Waals surface area contributed by atoms with E-state index in [1.165, 1.54) is 205 Å². The number of phosphoric ester groups is 2. The van der Waals surface area contributed by atoms with E-state index in [0.717, 1.165) is 127 Å². The summed E-state index contributed by atoms with van der Waals surface area (Å²) in [5.41, 5.74) is 0. The molecule has 0 spiro atoms. The Labute approximate surface area is 637 Å². The summed E-state index contributed by atoms with van der Waals surface area (Å²) in [4.78, 5) is 73.1. The smallest absolute Gasteiger partial charge is 0.462 e. The van der Waals surface area contributed by atoms with Gasteiger partial charge in [-0.3, -0.25) is 37.3 Å². The second-order valence-electron chi connectivity index (χ2n) is 31.3. The van der Waals surface area contributed by atoms with E-state index in [0.29, 0.717) is 31.6 Å². The van der Waals surface area contributed by atoms with Crippen molar-refractivity contribution in [3.8, 4) is 0 Å². The monoisotopic (exact) mass is 1520 g/mol. The third-order valence-corrected chi connectivity index (χ3v) is 21.2. The molecule has 0 bridgehead atoms. The van der Waals surface area contributed by atoms with Crippen LogP contribution in [-0.4, -0.2) is 96.7 Å². The number of aliphatic hydroxyl groups excluding tert-OH is 1. The lowest BCUT2D eigenvalue weighted by atomic mass is 10.0. The molecule has 3 unspecified atom stereocenters. The van der Waals surface area contributed by atoms with Crippen LogP contribution in [0, 0.1) is 17.8 Å². The average molecular weight is 1520 g/mol. The highest BCUT2D eigenvalue weighted by atomic mass is 31.2. The van der Waals surface area contributed by atoms with E-state index in [2.05, 4.69) is 72.8 Å². The molecule has 5 atom stereocenters. The van der Waals surface area contributed by atoms with Gasteiger partial charge in [0, 0.05) is 25.7 Å². The number of hydrogen-bond donors (Lipinski definition) is 3. The molecule has 0 aromatic heterocycles. The minimum Gasteiger partial charge on any atom is -0.462 e. The van der Waals surface area contributed by atoms with Gasteiger partial charge in [-0.2, -0.15) is 0 Å². The van der Waals surface area contributed by atoms with E-state index in [1.54, 1.807) is 0 Å². The number of allylic oxidation sites excluding steroid dienone is 4. The zero-order chi connectivity index (χ0) is 76.5. The van der Waals surface area contributed by atoms with Crippen molar-refractivity contribution in [2.24, 2.45) is 17.8 Å². The maximum Gasteiger partial charge on any atom is 0.472 e. The summed E-state index contributed by atoms with van der Waals surface area (Å²) in [6, 6.07) is 0. The largest absolute Gasteiger partial charge is 0.472 e. The highest BCUT2D eigenvalue weighted by Crippen LogP contribution is 2.45. The van der Waals surface area contributed by atoms with Crippen LogP contribution in [0.25, 0.3) is 0 Å². The Morgan fingerprint density at radius 3 is 0.779 bits per heavy atom. The number of rotatable bonds is 81. The third kappa shape index (κ3) is 77.7. The number of esters is 4. The van der Waals surface area contributed by atoms with Crippen molar-refractivity contribution >= 4 is 39.5 Å². The SMILES string of the molecule is CCCCCC/C=C\C=C/CCCCCCCC(=O)OC[C@H](COP(=O)(O)OCC(O)COP(=O)(O)OC[C@@H](COC(=O)CCCCCCCCC(C)C)OC(=O)CCCCCCCCCCCCCCCCCCCCC(C)C)OC(=O)CCCCCCCCCCCCCCCCCCC(C)C. The van der Waals surface area contributed by atoms with Crippen molar-refractivity contribution in [3.05, 3.63) is 24.3 Å². The fraction of sp³-hybridized carbons (Fsp3) is 0.906. The molecular weight excluding hydrogens is 1350 g/mol. The maximum atomic E-state index is 13.1. The van der Waals surface area contributed by atoms with Gasteiger partial charge in [0.05, 0.1) is 26.4 Å². The van der Waals surface area contributed by atoms with Crippen LogP contribution in [0.1, 0.15) is 421 Å². The van der Waals surface area contributed by atoms with Crippen LogP contribution in [0.4, 0.5) is 0 Å². The number of phosphoric acid groups is 2. The lowest BCUT2D eigenvalue weighted by molar-refractivity contribution is -0.161. The summed E-state index contributed by atoms with van der Waals surface area (Å²) in [6.45, 7) is 11.9. The second kappa shape index (κ2) is 74.6. The van der Waals surface area contributed by atoms with Crippen LogP contribution < -0.4 is 0 Å². The Hall–Kier alpha value is -2.46. The second-order valence-corrected chi connectivity index (χ2v) is 34.2. The Morgan fingerprint density at radius 2 is 0.519 bits per heavy atom. The quantitative estimate of drug-likeness (QED) is 0.0169. The molecule has 0 aromatic rings. The predicted octanol–water partition coefficient (Wildman–Crippen LogP) is 25.3. The maximum absolute atomic E-state index is 13.1. The van der Waals surface area contributed by atoms with Gasteiger partial charge in [-0.15, -0.1) is 0 Å². The van der Waals surface area contributed by atoms with Gasteiger partial charge in [0.1, 0.15) is 19.3 Å². The molecule has 19 heteroatoms. The molecule has 614 valence electrons. The third-order valence-electron chi connectivity index (χ3n) is 19.3. The molecule has 17 nitrogen and oxygen atoms in total. The first-order valence-electron chi connectivity index (χ1n) is 43.2. The molecule has 0 aromatic carbocycles. The molecule has 0 saturated heterocycles. The van der Waals surface area contributed by atoms with E-state index >= 15 is 0 Å². The van der Waals surface area contributed by atoms with E-state index < -0.39 is 97.5 Å². The standard InChI is InChI=1S/C85H162O17P2/c1-8-9-10-11-12-13-14-15-22-29-34-39-44-52-59-66-82(87)95-72-80(101-84(89)68-61-55-46-41-36-31-26-21-20-24-28-33-38-43-50-57-64-77(4)5)74-99-103(91,92)97-70-79(86)71-98-104(93,94)100-75-81(73-96-83(88)67-60-53-48-47-51-58-65-78(6)7)102-85(90)69-62-54-45-40-35-30-25-19-17-16-18-23-27-32-37-42-49-56-63-76(2)3/h13-15,22,76-81,86H,8-12,16-21,23-75H2,1-7H3,(H,91,92)(H,93,94)/b14-13-,22-15-/t79?,80-,81-/m1/s1. The first-order valence-corrected chi connectivity index (χ1v) is 46.2. The predicted molar refractivity (Wildman–Crippen MR) is 427 cm³/mol. The molecule has 0 fully saturated rings. The highest BCUT2D eigenvalue weighted by molar-refractivity contribution is 7.47. The number of carbonyl (C=O) groups is 4. The Balaban J connectivity index is 5.22. The van der Waals surface area contributed by atoms with E-state index in [4.69, 9.17) is 37.0 Å². The fourth-order valence-electron chi connectivity index (χ4n) is 12.7. The van der Waals surface area contributed by atoms with Crippen LogP contribution in [0.15, 0.2) is 24.3 Å². The molecule has 3 N–H and O–H groups in total. The summed E-state index contributed by atoms with van der Waals surface area (Å²) in [7, 11) is -9.94. The van der Waals surface area contributed by atoms with Crippen molar-refractivity contribution in [2.75, 3.05) is 39.6 Å². The van der Waals surface area contributed by atoms with Crippen LogP contribution in [-0.2, 0) is 65.4 Å². The van der Waals surface area contributed by atoms with Crippen LogP contribution in [0.5, 0.6) is 0 Å². The van der Waals surface area contributed by atoms with Gasteiger partial charge in [0.25, 0.3) is 0 Å². The normalized spacial score (nSPS) is 14.0. The number of carbonyl (C=O) groups excluding carboxylic acids is 4. The lowest BCUT2D eigenvalue weighted by Crippen LogP contribution is -2.30. The van der Waals surface area contributed by atoms with Crippen LogP contribution in [0.2, 0.25) is 0 Å². The number of unbranched alkanes of at least 4 members (excludes halogenated alkanes) is 46. The Bertz CT molecular complexity index is 2100. The summed E-state index contributed by atoms with van der Waals surface area (Å²) < 4.78 is 68.7.